The smallest absolute Gasteiger partial charge is 0.292 e. The van der Waals surface area contributed by atoms with E-state index in [0.29, 0.717) is 18.5 Å². The second kappa shape index (κ2) is 6.59. The summed E-state index contributed by atoms with van der Waals surface area (Å²) in [5.74, 6) is -0.161. The Balaban J connectivity index is 1.59. The van der Waals surface area contributed by atoms with Crippen LogP contribution < -0.4 is 10.5 Å². The highest BCUT2D eigenvalue weighted by Crippen LogP contribution is 2.18. The maximum absolute atomic E-state index is 13.0. The molecule has 3 aromatic rings. The van der Waals surface area contributed by atoms with Crippen LogP contribution in [0.25, 0.3) is 10.9 Å². The van der Waals surface area contributed by atoms with E-state index >= 15 is 0 Å². The first-order valence-corrected chi connectivity index (χ1v) is 8.56. The van der Waals surface area contributed by atoms with Gasteiger partial charge in [-0.2, -0.15) is 5.10 Å². The van der Waals surface area contributed by atoms with Crippen molar-refractivity contribution in [3.63, 3.8) is 0 Å². The van der Waals surface area contributed by atoms with Gasteiger partial charge in [-0.1, -0.05) is 18.2 Å². The molecule has 1 amide bonds. The topological polar surface area (TPSA) is 71.3 Å². The molecule has 0 unspecified atom stereocenters. The molecule has 4 rings (SSSR count). The molecule has 0 saturated carbocycles. The molecule has 0 aliphatic carbocycles. The molecule has 0 N–H and O–H groups in total. The van der Waals surface area contributed by atoms with E-state index in [-0.39, 0.29) is 22.7 Å². The monoisotopic (exact) mass is 349 g/mol. The molecule has 1 aliphatic rings. The number of hydrogen-bond acceptors (Lipinski definition) is 5. The van der Waals surface area contributed by atoms with Gasteiger partial charge in [0.05, 0.1) is 0 Å². The van der Waals surface area contributed by atoms with Crippen molar-refractivity contribution in [3.05, 3.63) is 64.7 Å². The second-order valence-electron chi connectivity index (χ2n) is 6.29. The van der Waals surface area contributed by atoms with E-state index in [2.05, 4.69) is 27.1 Å². The molecule has 0 radical (unpaired) electrons. The highest BCUT2D eigenvalue weighted by atomic mass is 16.2. The Hall–Kier alpha value is -3.22. The van der Waals surface area contributed by atoms with Crippen molar-refractivity contribution in [2.75, 3.05) is 31.1 Å². The Labute approximate surface area is 150 Å². The van der Waals surface area contributed by atoms with E-state index < -0.39 is 0 Å². The van der Waals surface area contributed by atoms with Crippen molar-refractivity contribution in [2.24, 2.45) is 7.05 Å². The number of anilines is 1. The first-order valence-electron chi connectivity index (χ1n) is 8.56. The van der Waals surface area contributed by atoms with Gasteiger partial charge in [0.15, 0.2) is 5.69 Å². The molecular formula is C19H19N5O2. The number of aryl methyl sites for hydroxylation is 1. The number of rotatable bonds is 2. The summed E-state index contributed by atoms with van der Waals surface area (Å²) in [7, 11) is 1.54. The number of benzene rings is 1. The summed E-state index contributed by atoms with van der Waals surface area (Å²) < 4.78 is 1.18. The minimum atomic E-state index is -0.300. The van der Waals surface area contributed by atoms with Crippen LogP contribution in [0.5, 0.6) is 0 Å². The summed E-state index contributed by atoms with van der Waals surface area (Å²) in [5, 5.41) is 4.72. The van der Waals surface area contributed by atoms with Crippen molar-refractivity contribution >= 4 is 22.5 Å². The zero-order valence-electron chi connectivity index (χ0n) is 14.5. The lowest BCUT2D eigenvalue weighted by Gasteiger charge is -2.36. The van der Waals surface area contributed by atoms with Crippen LogP contribution in [-0.2, 0) is 7.05 Å². The summed E-state index contributed by atoms with van der Waals surface area (Å²) in [4.78, 5) is 33.4. The largest absolute Gasteiger partial charge is 0.368 e. The Morgan fingerprint density at radius 2 is 1.73 bits per heavy atom. The van der Waals surface area contributed by atoms with Gasteiger partial charge in [-0.3, -0.25) is 14.6 Å². The standard InChI is InChI=1S/C19H19N5O2/c1-22-18(25)16-15(8-5-9-20-16)17(21-22)19(26)24-12-10-23(11-13-24)14-6-3-2-4-7-14/h2-9H,10-13H2,1H3. The van der Waals surface area contributed by atoms with E-state index in [4.69, 9.17) is 0 Å². The Morgan fingerprint density at radius 3 is 2.46 bits per heavy atom. The second-order valence-corrected chi connectivity index (χ2v) is 6.29. The normalized spacial score (nSPS) is 14.7. The van der Waals surface area contributed by atoms with Gasteiger partial charge in [-0.05, 0) is 24.3 Å². The van der Waals surface area contributed by atoms with E-state index in [9.17, 15) is 9.59 Å². The van der Waals surface area contributed by atoms with Crippen molar-refractivity contribution in [1.29, 1.82) is 0 Å². The Bertz CT molecular complexity index is 1010. The number of aromatic nitrogens is 3. The van der Waals surface area contributed by atoms with Gasteiger partial charge in [0.1, 0.15) is 5.52 Å². The van der Waals surface area contributed by atoms with Crippen molar-refractivity contribution in [2.45, 2.75) is 0 Å². The van der Waals surface area contributed by atoms with Crippen molar-refractivity contribution in [3.8, 4) is 0 Å². The van der Waals surface area contributed by atoms with E-state index in [0.717, 1.165) is 18.8 Å². The minimum absolute atomic E-state index is 0.161. The molecule has 1 aromatic carbocycles. The third-order valence-corrected chi connectivity index (χ3v) is 4.70. The number of carbonyl (C=O) groups is 1. The zero-order valence-corrected chi connectivity index (χ0v) is 14.5. The highest BCUT2D eigenvalue weighted by molar-refractivity contribution is 6.03. The first kappa shape index (κ1) is 16.3. The Kier molecular flexibility index (Phi) is 4.12. The SMILES string of the molecule is Cn1nc(C(=O)N2CCN(c3ccccc3)CC2)c2cccnc2c1=O. The number of carbonyl (C=O) groups excluding carboxylic acids is 1. The highest BCUT2D eigenvalue weighted by Gasteiger charge is 2.25. The van der Waals surface area contributed by atoms with Gasteiger partial charge >= 0.3 is 0 Å². The lowest BCUT2D eigenvalue weighted by atomic mass is 10.2. The van der Waals surface area contributed by atoms with Crippen LogP contribution in [0.2, 0.25) is 0 Å². The van der Waals surface area contributed by atoms with Gasteiger partial charge in [0, 0.05) is 50.5 Å². The summed E-state index contributed by atoms with van der Waals surface area (Å²) in [6.45, 7) is 2.75. The number of para-hydroxylation sites is 1. The molecule has 1 saturated heterocycles. The molecule has 0 atom stereocenters. The maximum Gasteiger partial charge on any atom is 0.292 e. The fourth-order valence-corrected chi connectivity index (χ4v) is 3.28. The van der Waals surface area contributed by atoms with Gasteiger partial charge in [0.25, 0.3) is 11.5 Å². The van der Waals surface area contributed by atoms with Crippen LogP contribution in [0.4, 0.5) is 5.69 Å². The molecule has 1 fully saturated rings. The number of piperazine rings is 1. The van der Waals surface area contributed by atoms with Crippen LogP contribution in [0.3, 0.4) is 0 Å². The number of pyridine rings is 1. The molecule has 7 heteroatoms. The van der Waals surface area contributed by atoms with Crippen LogP contribution >= 0.6 is 0 Å². The van der Waals surface area contributed by atoms with Gasteiger partial charge in [-0.15, -0.1) is 0 Å². The van der Waals surface area contributed by atoms with E-state index in [1.807, 2.05) is 18.2 Å². The molecule has 3 heterocycles. The third kappa shape index (κ3) is 2.81. The summed E-state index contributed by atoms with van der Waals surface area (Å²) >= 11 is 0. The molecular weight excluding hydrogens is 330 g/mol. The molecule has 1 aliphatic heterocycles. The maximum atomic E-state index is 13.0. The zero-order chi connectivity index (χ0) is 18.1. The van der Waals surface area contributed by atoms with E-state index in [1.54, 1.807) is 30.3 Å². The lowest BCUT2D eigenvalue weighted by molar-refractivity contribution is 0.0740. The van der Waals surface area contributed by atoms with Gasteiger partial charge in [0.2, 0.25) is 0 Å². The molecule has 7 nitrogen and oxygen atoms in total. The number of hydrogen-bond donors (Lipinski definition) is 0. The average Bonchev–Trinajstić information content (AvgIpc) is 2.71. The van der Waals surface area contributed by atoms with Crippen molar-refractivity contribution in [1.82, 2.24) is 19.7 Å². The third-order valence-electron chi connectivity index (χ3n) is 4.70. The summed E-state index contributed by atoms with van der Waals surface area (Å²) in [5.41, 5.74) is 1.42. The number of fused-ring (bicyclic) bond motifs is 1. The minimum Gasteiger partial charge on any atom is -0.368 e. The quantitative estimate of drug-likeness (QED) is 0.697. The number of amides is 1. The molecule has 0 spiro atoms. The summed E-state index contributed by atoms with van der Waals surface area (Å²) in [6, 6.07) is 13.6. The lowest BCUT2D eigenvalue weighted by Crippen LogP contribution is -2.49. The predicted octanol–water partition coefficient (Wildman–Crippen LogP) is 1.29. The fraction of sp³-hybridized carbons (Fsp3) is 0.263. The number of nitrogens with zero attached hydrogens (tertiary/aromatic N) is 5. The van der Waals surface area contributed by atoms with Crippen LogP contribution in [0, 0.1) is 0 Å². The molecule has 26 heavy (non-hydrogen) atoms. The fourth-order valence-electron chi connectivity index (χ4n) is 3.28. The van der Waals surface area contributed by atoms with E-state index in [1.165, 1.54) is 4.68 Å². The molecule has 2 aromatic heterocycles. The van der Waals surface area contributed by atoms with Gasteiger partial charge < -0.3 is 9.80 Å². The molecule has 132 valence electrons. The van der Waals surface area contributed by atoms with Crippen LogP contribution in [0.15, 0.2) is 53.5 Å². The van der Waals surface area contributed by atoms with Crippen LogP contribution in [0.1, 0.15) is 10.5 Å². The van der Waals surface area contributed by atoms with Crippen molar-refractivity contribution < 1.29 is 4.79 Å². The Morgan fingerprint density at radius 1 is 1.00 bits per heavy atom. The predicted molar refractivity (Wildman–Crippen MR) is 99.3 cm³/mol. The van der Waals surface area contributed by atoms with Crippen LogP contribution in [-0.4, -0.2) is 51.8 Å². The van der Waals surface area contributed by atoms with Gasteiger partial charge in [-0.25, -0.2) is 4.68 Å². The average molecular weight is 349 g/mol. The summed E-state index contributed by atoms with van der Waals surface area (Å²) in [6.07, 6.45) is 1.55. The first-order chi connectivity index (χ1) is 12.6. The molecule has 0 bridgehead atoms.